The summed E-state index contributed by atoms with van der Waals surface area (Å²) in [6.07, 6.45) is 2.19. The maximum Gasteiger partial charge on any atom is 0.230 e. The van der Waals surface area contributed by atoms with Crippen molar-refractivity contribution in [2.75, 3.05) is 0 Å². The Morgan fingerprint density at radius 3 is 2.48 bits per heavy atom. The second-order valence-electron chi connectivity index (χ2n) is 7.74. The number of hydrogen-bond donors (Lipinski definition) is 0. The van der Waals surface area contributed by atoms with Gasteiger partial charge in [0.15, 0.2) is 11.8 Å². The molecule has 3 nitrogen and oxygen atoms in total. The highest BCUT2D eigenvalue weighted by Gasteiger charge is 2.23. The van der Waals surface area contributed by atoms with E-state index in [0.29, 0.717) is 11.6 Å². The molecule has 27 heavy (non-hydrogen) atoms. The summed E-state index contributed by atoms with van der Waals surface area (Å²) in [5.41, 5.74) is 7.77. The first-order chi connectivity index (χ1) is 12.8. The van der Waals surface area contributed by atoms with Gasteiger partial charge in [-0.2, -0.15) is 9.37 Å². The SMILES string of the molecule is Cc1cc(-c2c(C)ccc3c2oc2nc(F)cc(C)c23)[n+](C)cc1C(C)C. The summed E-state index contributed by atoms with van der Waals surface area (Å²) >= 11 is 0. The number of aryl methyl sites for hydroxylation is 4. The van der Waals surface area contributed by atoms with Crippen molar-refractivity contribution in [3.8, 4) is 11.3 Å². The Bertz CT molecular complexity index is 1200. The first kappa shape index (κ1) is 17.7. The van der Waals surface area contributed by atoms with Gasteiger partial charge in [-0.15, -0.1) is 0 Å². The van der Waals surface area contributed by atoms with Gasteiger partial charge in [0.2, 0.25) is 17.4 Å². The Hall–Kier alpha value is -2.75. The minimum Gasteiger partial charge on any atom is -0.437 e. The Labute approximate surface area is 158 Å². The largest absolute Gasteiger partial charge is 0.437 e. The van der Waals surface area contributed by atoms with E-state index in [1.54, 1.807) is 0 Å². The van der Waals surface area contributed by atoms with Crippen LogP contribution >= 0.6 is 0 Å². The highest BCUT2D eigenvalue weighted by Crippen LogP contribution is 2.38. The molecule has 0 unspecified atom stereocenters. The monoisotopic (exact) mass is 363 g/mol. The van der Waals surface area contributed by atoms with Crippen LogP contribution in [0, 0.1) is 26.7 Å². The van der Waals surface area contributed by atoms with Crippen molar-refractivity contribution in [1.82, 2.24) is 4.98 Å². The van der Waals surface area contributed by atoms with Crippen LogP contribution in [0.4, 0.5) is 4.39 Å². The third-order valence-electron chi connectivity index (χ3n) is 5.39. The third kappa shape index (κ3) is 2.71. The Balaban J connectivity index is 2.10. The van der Waals surface area contributed by atoms with Crippen molar-refractivity contribution < 1.29 is 13.4 Å². The fraction of sp³-hybridized carbons (Fsp3) is 0.304. The molecule has 4 aromatic rings. The molecule has 0 amide bonds. The van der Waals surface area contributed by atoms with Gasteiger partial charge in [-0.05, 0) is 49.4 Å². The average molecular weight is 363 g/mol. The molecule has 0 fully saturated rings. The molecule has 0 spiro atoms. The second kappa shape index (κ2) is 6.15. The summed E-state index contributed by atoms with van der Waals surface area (Å²) < 4.78 is 22.0. The molecule has 0 aliphatic carbocycles. The summed E-state index contributed by atoms with van der Waals surface area (Å²) in [5, 5.41) is 1.85. The molecule has 0 bridgehead atoms. The van der Waals surface area contributed by atoms with E-state index in [9.17, 15) is 4.39 Å². The van der Waals surface area contributed by atoms with Crippen LogP contribution in [-0.4, -0.2) is 4.98 Å². The topological polar surface area (TPSA) is 29.9 Å². The smallest absolute Gasteiger partial charge is 0.230 e. The molecule has 0 aliphatic heterocycles. The number of fused-ring (bicyclic) bond motifs is 3. The van der Waals surface area contributed by atoms with Crippen LogP contribution in [0.5, 0.6) is 0 Å². The van der Waals surface area contributed by atoms with Crippen LogP contribution < -0.4 is 4.57 Å². The van der Waals surface area contributed by atoms with Crippen molar-refractivity contribution in [2.45, 2.75) is 40.5 Å². The van der Waals surface area contributed by atoms with Gasteiger partial charge in [0.25, 0.3) is 0 Å². The zero-order valence-corrected chi connectivity index (χ0v) is 16.6. The van der Waals surface area contributed by atoms with Crippen molar-refractivity contribution in [3.63, 3.8) is 0 Å². The summed E-state index contributed by atoms with van der Waals surface area (Å²) in [7, 11) is 2.06. The molecule has 4 rings (SSSR count). The van der Waals surface area contributed by atoms with Gasteiger partial charge >= 0.3 is 0 Å². The lowest BCUT2D eigenvalue weighted by Gasteiger charge is -2.11. The van der Waals surface area contributed by atoms with Gasteiger partial charge in [-0.25, -0.2) is 4.57 Å². The molecule has 0 radical (unpaired) electrons. The molecular weight excluding hydrogens is 339 g/mol. The van der Waals surface area contributed by atoms with Crippen molar-refractivity contribution in [2.24, 2.45) is 7.05 Å². The predicted octanol–water partition coefficient (Wildman–Crippen LogP) is 5.66. The van der Waals surface area contributed by atoms with Gasteiger partial charge in [0.05, 0.1) is 10.9 Å². The van der Waals surface area contributed by atoms with Crippen LogP contribution in [-0.2, 0) is 7.05 Å². The lowest BCUT2D eigenvalue weighted by Crippen LogP contribution is -2.32. The first-order valence-corrected chi connectivity index (χ1v) is 9.27. The lowest BCUT2D eigenvalue weighted by molar-refractivity contribution is -0.660. The molecule has 4 heteroatoms. The number of benzene rings is 1. The van der Waals surface area contributed by atoms with Crippen LogP contribution in [0.15, 0.2) is 34.9 Å². The Morgan fingerprint density at radius 1 is 1.04 bits per heavy atom. The van der Waals surface area contributed by atoms with E-state index in [1.165, 1.54) is 17.2 Å². The molecule has 0 atom stereocenters. The summed E-state index contributed by atoms with van der Waals surface area (Å²) in [6, 6.07) is 7.81. The third-order valence-corrected chi connectivity index (χ3v) is 5.39. The number of nitrogens with zero attached hydrogens (tertiary/aromatic N) is 2. The number of halogens is 1. The zero-order chi connectivity index (χ0) is 19.5. The number of hydrogen-bond acceptors (Lipinski definition) is 2. The molecule has 0 saturated carbocycles. The molecule has 0 saturated heterocycles. The highest BCUT2D eigenvalue weighted by molar-refractivity contribution is 6.10. The molecule has 0 N–H and O–H groups in total. The number of pyridine rings is 2. The lowest BCUT2D eigenvalue weighted by atomic mass is 9.95. The molecule has 3 heterocycles. The molecular formula is C23H24FN2O+. The Morgan fingerprint density at radius 2 is 1.78 bits per heavy atom. The summed E-state index contributed by atoms with van der Waals surface area (Å²) in [5.74, 6) is -0.0526. The van der Waals surface area contributed by atoms with E-state index in [0.717, 1.165) is 38.7 Å². The Kier molecular flexibility index (Phi) is 4.02. The normalized spacial score (nSPS) is 11.9. The zero-order valence-electron chi connectivity index (χ0n) is 16.6. The quantitative estimate of drug-likeness (QED) is 0.340. The van der Waals surface area contributed by atoms with E-state index in [-0.39, 0.29) is 0 Å². The minimum atomic E-state index is -0.514. The number of rotatable bonds is 2. The fourth-order valence-electron chi connectivity index (χ4n) is 4.03. The maximum absolute atomic E-state index is 13.8. The average Bonchev–Trinajstić information content (AvgIpc) is 2.94. The van der Waals surface area contributed by atoms with E-state index >= 15 is 0 Å². The van der Waals surface area contributed by atoms with Crippen LogP contribution in [0.1, 0.15) is 42.0 Å². The van der Waals surface area contributed by atoms with Crippen molar-refractivity contribution in [1.29, 1.82) is 0 Å². The van der Waals surface area contributed by atoms with E-state index in [4.69, 9.17) is 4.42 Å². The van der Waals surface area contributed by atoms with Crippen molar-refractivity contribution in [3.05, 3.63) is 58.7 Å². The van der Waals surface area contributed by atoms with E-state index < -0.39 is 5.95 Å². The van der Waals surface area contributed by atoms with Gasteiger partial charge < -0.3 is 4.42 Å². The summed E-state index contributed by atoms with van der Waals surface area (Å²) in [4.78, 5) is 3.98. The predicted molar refractivity (Wildman–Crippen MR) is 106 cm³/mol. The van der Waals surface area contributed by atoms with E-state index in [2.05, 4.69) is 62.6 Å². The molecule has 3 aromatic heterocycles. The fourth-order valence-corrected chi connectivity index (χ4v) is 4.03. The molecule has 138 valence electrons. The summed E-state index contributed by atoms with van der Waals surface area (Å²) in [6.45, 7) is 10.5. The van der Waals surface area contributed by atoms with Crippen LogP contribution in [0.2, 0.25) is 0 Å². The van der Waals surface area contributed by atoms with Gasteiger partial charge in [-0.1, -0.05) is 26.0 Å². The minimum absolute atomic E-state index is 0.354. The van der Waals surface area contributed by atoms with Crippen molar-refractivity contribution >= 4 is 22.1 Å². The number of aromatic nitrogens is 2. The highest BCUT2D eigenvalue weighted by atomic mass is 19.1. The molecule has 1 aromatic carbocycles. The number of furan rings is 1. The maximum atomic E-state index is 13.8. The first-order valence-electron chi connectivity index (χ1n) is 9.27. The van der Waals surface area contributed by atoms with Gasteiger partial charge in [0.1, 0.15) is 7.05 Å². The standard InChI is InChI=1S/C23H24FN2O/c1-12(2)17-11-26(6)18(9-14(17)4)21-13(3)7-8-16-20-15(5)10-19(24)25-23(20)27-22(16)21/h7-12H,1-6H3/q+1. The van der Waals surface area contributed by atoms with Gasteiger partial charge in [0, 0.05) is 17.0 Å². The molecule has 0 aliphatic rings. The van der Waals surface area contributed by atoms with Crippen LogP contribution in [0.25, 0.3) is 33.3 Å². The van der Waals surface area contributed by atoms with Gasteiger partial charge in [-0.3, -0.25) is 0 Å². The van der Waals surface area contributed by atoms with Crippen LogP contribution in [0.3, 0.4) is 0 Å². The van der Waals surface area contributed by atoms with E-state index in [1.807, 2.05) is 13.0 Å². The second-order valence-corrected chi connectivity index (χ2v) is 7.74.